The molecule has 4 rings (SSSR count). The maximum absolute atomic E-state index is 12.2. The molecule has 2 heterocycles. The topological polar surface area (TPSA) is 120 Å². The van der Waals surface area contributed by atoms with Crippen LogP contribution in [0.2, 0.25) is 0 Å². The maximum atomic E-state index is 12.2. The number of aromatic nitrogens is 2. The molecule has 0 fully saturated rings. The van der Waals surface area contributed by atoms with Gasteiger partial charge in [-0.2, -0.15) is 0 Å². The average molecular weight is 398 g/mol. The number of hydrogen-bond acceptors (Lipinski definition) is 7. The van der Waals surface area contributed by atoms with Crippen molar-refractivity contribution < 1.29 is 14.1 Å². The summed E-state index contributed by atoms with van der Waals surface area (Å²) in [5.74, 6) is -0.808. The third-order valence-electron chi connectivity index (χ3n) is 4.19. The molecule has 1 N–H and O–H groups in total. The van der Waals surface area contributed by atoms with Crippen molar-refractivity contribution in [2.24, 2.45) is 0 Å². The average Bonchev–Trinajstić information content (AvgIpc) is 3.21. The second-order valence-electron chi connectivity index (χ2n) is 6.07. The van der Waals surface area contributed by atoms with Gasteiger partial charge in [-0.3, -0.25) is 19.5 Å². The minimum atomic E-state index is -0.609. The quantitative estimate of drug-likeness (QED) is 0.392. The van der Waals surface area contributed by atoms with Gasteiger partial charge in [-0.05, 0) is 24.6 Å². The van der Waals surface area contributed by atoms with Gasteiger partial charge in [-0.1, -0.05) is 23.5 Å². The molecule has 0 atom stereocenters. The van der Waals surface area contributed by atoms with Gasteiger partial charge in [0.25, 0.3) is 5.69 Å². The Morgan fingerprint density at radius 2 is 2.11 bits per heavy atom. The predicted molar refractivity (Wildman–Crippen MR) is 105 cm³/mol. The highest BCUT2D eigenvalue weighted by molar-refractivity contribution is 7.22. The summed E-state index contributed by atoms with van der Waals surface area (Å²) in [6.45, 7) is 0.261. The van der Waals surface area contributed by atoms with Crippen LogP contribution in [-0.2, 0) is 11.3 Å². The van der Waals surface area contributed by atoms with Crippen LogP contribution in [0.1, 0.15) is 12.8 Å². The van der Waals surface area contributed by atoms with Gasteiger partial charge < -0.3 is 9.73 Å². The molecule has 0 radical (unpaired) electrons. The van der Waals surface area contributed by atoms with E-state index < -0.39 is 10.7 Å². The third-order valence-corrected chi connectivity index (χ3v) is 5.14. The van der Waals surface area contributed by atoms with Gasteiger partial charge in [0.1, 0.15) is 0 Å². The Morgan fingerprint density at radius 3 is 2.89 bits per heavy atom. The Hall–Kier alpha value is -3.53. The number of oxazole rings is 1. The van der Waals surface area contributed by atoms with Crippen LogP contribution in [0, 0.1) is 10.1 Å². The normalized spacial score (nSPS) is 11.1. The van der Waals surface area contributed by atoms with E-state index in [1.54, 1.807) is 0 Å². The van der Waals surface area contributed by atoms with Crippen molar-refractivity contribution in [1.29, 1.82) is 0 Å². The van der Waals surface area contributed by atoms with Crippen LogP contribution < -0.4 is 11.1 Å². The van der Waals surface area contributed by atoms with E-state index in [0.717, 1.165) is 10.2 Å². The zero-order chi connectivity index (χ0) is 19.7. The largest absolute Gasteiger partial charge is 0.419 e. The second kappa shape index (κ2) is 7.24. The lowest BCUT2D eigenvalue weighted by Crippen LogP contribution is -2.17. The molecule has 10 heteroatoms. The van der Waals surface area contributed by atoms with Crippen molar-refractivity contribution in [2.75, 3.05) is 5.32 Å². The minimum Gasteiger partial charge on any atom is -0.407 e. The van der Waals surface area contributed by atoms with Gasteiger partial charge in [0.15, 0.2) is 10.7 Å². The van der Waals surface area contributed by atoms with Gasteiger partial charge >= 0.3 is 5.76 Å². The number of benzene rings is 2. The summed E-state index contributed by atoms with van der Waals surface area (Å²) in [4.78, 5) is 38.8. The summed E-state index contributed by atoms with van der Waals surface area (Å²) in [5.41, 5.74) is 1.29. The Balaban J connectivity index is 1.40. The van der Waals surface area contributed by atoms with Crippen LogP contribution in [0.5, 0.6) is 0 Å². The van der Waals surface area contributed by atoms with Gasteiger partial charge in [-0.15, -0.1) is 0 Å². The first-order valence-electron chi connectivity index (χ1n) is 8.44. The monoisotopic (exact) mass is 398 g/mol. The summed E-state index contributed by atoms with van der Waals surface area (Å²) in [6.07, 6.45) is 0.601. The van der Waals surface area contributed by atoms with Crippen molar-refractivity contribution in [3.05, 3.63) is 63.1 Å². The molecule has 0 aliphatic carbocycles. The van der Waals surface area contributed by atoms with Crippen LogP contribution >= 0.6 is 11.3 Å². The van der Waals surface area contributed by atoms with Gasteiger partial charge in [0, 0.05) is 19.0 Å². The zero-order valence-electron chi connectivity index (χ0n) is 14.5. The van der Waals surface area contributed by atoms with Crippen molar-refractivity contribution in [3.63, 3.8) is 0 Å². The van der Waals surface area contributed by atoms with E-state index in [4.69, 9.17) is 4.42 Å². The maximum Gasteiger partial charge on any atom is 0.419 e. The van der Waals surface area contributed by atoms with E-state index in [9.17, 15) is 19.7 Å². The molecule has 2 aromatic heterocycles. The lowest BCUT2D eigenvalue weighted by molar-refractivity contribution is -0.384. The number of amides is 1. The first-order valence-corrected chi connectivity index (χ1v) is 9.26. The summed E-state index contributed by atoms with van der Waals surface area (Å²) < 4.78 is 7.43. The Morgan fingerprint density at radius 1 is 1.29 bits per heavy atom. The molecular formula is C18H14N4O5S. The molecule has 0 aliphatic heterocycles. The summed E-state index contributed by atoms with van der Waals surface area (Å²) >= 11 is 1.40. The van der Waals surface area contributed by atoms with Crippen molar-refractivity contribution in [1.82, 2.24) is 9.55 Å². The molecule has 9 nitrogen and oxygen atoms in total. The molecule has 0 unspecified atom stereocenters. The van der Waals surface area contributed by atoms with Gasteiger partial charge in [-0.25, -0.2) is 9.78 Å². The van der Waals surface area contributed by atoms with Crippen LogP contribution in [0.25, 0.3) is 21.3 Å². The van der Waals surface area contributed by atoms with E-state index >= 15 is 0 Å². The number of fused-ring (bicyclic) bond motifs is 2. The number of nitro benzene ring substituents is 1. The number of hydrogen-bond donors (Lipinski definition) is 1. The van der Waals surface area contributed by atoms with Crippen LogP contribution in [0.15, 0.2) is 51.7 Å². The number of thiazole rings is 1. The molecule has 0 aliphatic rings. The standard InChI is InChI=1S/C18H14N4O5S/c23-16(20-17-19-12-4-1-2-5-15(12)28-17)6-3-9-21-13-8-7-11(22(25)26)10-14(13)27-18(21)24/h1-2,4-5,7-8,10H,3,6,9H2,(H,19,20,23). The summed E-state index contributed by atoms with van der Waals surface area (Å²) in [6, 6.07) is 11.6. The van der Waals surface area contributed by atoms with E-state index in [1.807, 2.05) is 24.3 Å². The minimum absolute atomic E-state index is 0.149. The Kier molecular flexibility index (Phi) is 4.62. The molecule has 142 valence electrons. The highest BCUT2D eigenvalue weighted by Crippen LogP contribution is 2.25. The van der Waals surface area contributed by atoms with E-state index in [0.29, 0.717) is 17.1 Å². The molecule has 0 spiro atoms. The lowest BCUT2D eigenvalue weighted by atomic mass is 10.2. The number of para-hydroxylation sites is 1. The lowest BCUT2D eigenvalue weighted by Gasteiger charge is -2.03. The Bertz CT molecular complexity index is 1220. The Labute approximate surface area is 161 Å². The highest BCUT2D eigenvalue weighted by atomic mass is 32.1. The number of anilines is 1. The van der Waals surface area contributed by atoms with Crippen molar-refractivity contribution >= 4 is 49.4 Å². The number of nitrogens with one attached hydrogen (secondary N) is 1. The molecule has 28 heavy (non-hydrogen) atoms. The van der Waals surface area contributed by atoms with Crippen LogP contribution in [0.4, 0.5) is 10.8 Å². The SMILES string of the molecule is O=C(CCCn1c(=O)oc2cc([N+](=O)[O-])ccc21)Nc1nc2ccccc2s1. The van der Waals surface area contributed by atoms with E-state index in [1.165, 1.54) is 34.1 Å². The number of non-ortho nitro benzene ring substituents is 1. The fraction of sp³-hybridized carbons (Fsp3) is 0.167. The van der Waals surface area contributed by atoms with Crippen LogP contribution in [0.3, 0.4) is 0 Å². The van der Waals surface area contributed by atoms with E-state index in [2.05, 4.69) is 10.3 Å². The molecule has 4 aromatic rings. The number of carbonyl (C=O) groups is 1. The number of nitro groups is 1. The number of aryl methyl sites for hydroxylation is 1. The third kappa shape index (κ3) is 3.49. The fourth-order valence-corrected chi connectivity index (χ4v) is 3.77. The number of carbonyl (C=O) groups excluding carboxylic acids is 1. The van der Waals surface area contributed by atoms with Crippen LogP contribution in [-0.4, -0.2) is 20.4 Å². The highest BCUT2D eigenvalue weighted by Gasteiger charge is 2.14. The molecule has 0 saturated heterocycles. The second-order valence-corrected chi connectivity index (χ2v) is 7.10. The fourth-order valence-electron chi connectivity index (χ4n) is 2.89. The first-order chi connectivity index (χ1) is 13.5. The van der Waals surface area contributed by atoms with Gasteiger partial charge in [0.05, 0.1) is 26.7 Å². The van der Waals surface area contributed by atoms with E-state index in [-0.39, 0.29) is 30.1 Å². The van der Waals surface area contributed by atoms with Gasteiger partial charge in [0.2, 0.25) is 5.91 Å². The predicted octanol–water partition coefficient (Wildman–Crippen LogP) is 3.53. The smallest absolute Gasteiger partial charge is 0.407 e. The molecule has 2 aromatic carbocycles. The molecule has 0 saturated carbocycles. The first kappa shape index (κ1) is 17.9. The van der Waals surface area contributed by atoms with Crippen molar-refractivity contribution in [2.45, 2.75) is 19.4 Å². The summed E-state index contributed by atoms with van der Waals surface area (Å²) in [7, 11) is 0. The molecule has 0 bridgehead atoms. The molecular weight excluding hydrogens is 384 g/mol. The van der Waals surface area contributed by atoms with Crippen molar-refractivity contribution in [3.8, 4) is 0 Å². The molecule has 1 amide bonds. The number of rotatable bonds is 6. The number of nitrogens with zero attached hydrogens (tertiary/aromatic N) is 3. The summed E-state index contributed by atoms with van der Waals surface area (Å²) in [5, 5.41) is 14.1. The zero-order valence-corrected chi connectivity index (χ0v) is 15.3.